The van der Waals surface area contributed by atoms with Crippen LogP contribution in [0.4, 0.5) is 0 Å². The highest BCUT2D eigenvalue weighted by Gasteiger charge is 2.51. The van der Waals surface area contributed by atoms with E-state index in [0.29, 0.717) is 12.2 Å². The molecule has 1 aromatic carbocycles. The Morgan fingerprint density at radius 1 is 1.07 bits per heavy atom. The van der Waals surface area contributed by atoms with Gasteiger partial charge in [-0.15, -0.1) is 0 Å². The van der Waals surface area contributed by atoms with Gasteiger partial charge < -0.3 is 14.8 Å². The summed E-state index contributed by atoms with van der Waals surface area (Å²) in [6, 6.07) is 9.21. The Balaban J connectivity index is 1.33. The number of ether oxygens (including phenoxy) is 2. The smallest absolute Gasteiger partial charge is 0.348 e. The maximum atomic E-state index is 12.8. The zero-order chi connectivity index (χ0) is 19.7. The van der Waals surface area contributed by atoms with Gasteiger partial charge in [-0.25, -0.2) is 4.79 Å². The predicted molar refractivity (Wildman–Crippen MR) is 106 cm³/mol. The third-order valence-corrected chi connectivity index (χ3v) is 6.74. The summed E-state index contributed by atoms with van der Waals surface area (Å²) in [4.78, 5) is 25.3. The minimum atomic E-state index is -0.811. The van der Waals surface area contributed by atoms with Gasteiger partial charge in [-0.05, 0) is 81.8 Å². The van der Waals surface area contributed by atoms with E-state index in [1.165, 1.54) is 19.3 Å². The molecular formula is C23H31NO4. The van der Waals surface area contributed by atoms with Crippen molar-refractivity contribution in [2.45, 2.75) is 76.5 Å². The molecule has 4 saturated carbocycles. The molecule has 0 unspecified atom stereocenters. The minimum Gasteiger partial charge on any atom is -0.479 e. The lowest BCUT2D eigenvalue weighted by atomic mass is 9.53. The van der Waals surface area contributed by atoms with Gasteiger partial charge in [-0.2, -0.15) is 0 Å². The third kappa shape index (κ3) is 4.03. The molecule has 0 aliphatic heterocycles. The number of benzene rings is 1. The van der Waals surface area contributed by atoms with Crippen molar-refractivity contribution in [2.24, 2.45) is 17.8 Å². The number of amides is 1. The first kappa shape index (κ1) is 19.3. The Morgan fingerprint density at radius 2 is 1.64 bits per heavy atom. The first-order valence-electron chi connectivity index (χ1n) is 10.7. The molecule has 4 aliphatic rings. The second kappa shape index (κ2) is 7.76. The topological polar surface area (TPSA) is 64.6 Å². The zero-order valence-electron chi connectivity index (χ0n) is 16.9. The molecule has 0 spiro atoms. The van der Waals surface area contributed by atoms with Crippen LogP contribution in [0.25, 0.3) is 0 Å². The van der Waals surface area contributed by atoms with Crippen LogP contribution < -0.4 is 10.1 Å². The number of hydrogen-bond acceptors (Lipinski definition) is 4. The number of esters is 1. The quantitative estimate of drug-likeness (QED) is 0.724. The summed E-state index contributed by atoms with van der Waals surface area (Å²) in [5.41, 5.74) is -0.0722. The highest BCUT2D eigenvalue weighted by molar-refractivity contribution is 5.85. The minimum absolute atomic E-state index is 0.0722. The van der Waals surface area contributed by atoms with E-state index in [0.717, 1.165) is 37.0 Å². The molecule has 5 heteroatoms. The van der Waals surface area contributed by atoms with Crippen molar-refractivity contribution in [2.75, 3.05) is 0 Å². The molecule has 5 nitrogen and oxygen atoms in total. The summed E-state index contributed by atoms with van der Waals surface area (Å²) in [6.45, 7) is 3.53. The zero-order valence-corrected chi connectivity index (χ0v) is 16.9. The van der Waals surface area contributed by atoms with Crippen molar-refractivity contribution in [3.63, 3.8) is 0 Å². The fraction of sp³-hybridized carbons (Fsp3) is 0.652. The second-order valence-electron chi connectivity index (χ2n) is 9.09. The van der Waals surface area contributed by atoms with Gasteiger partial charge in [0.15, 0.2) is 12.2 Å². The van der Waals surface area contributed by atoms with Crippen LogP contribution >= 0.6 is 0 Å². The summed E-state index contributed by atoms with van der Waals surface area (Å²) >= 11 is 0. The second-order valence-corrected chi connectivity index (χ2v) is 9.09. The Hall–Kier alpha value is -2.04. The van der Waals surface area contributed by atoms with E-state index in [9.17, 15) is 9.59 Å². The summed E-state index contributed by atoms with van der Waals surface area (Å²) in [6.07, 6.45) is 6.20. The van der Waals surface area contributed by atoms with E-state index in [1.807, 2.05) is 25.1 Å². The van der Waals surface area contributed by atoms with Crippen molar-refractivity contribution in [1.29, 1.82) is 0 Å². The van der Waals surface area contributed by atoms with E-state index in [4.69, 9.17) is 9.47 Å². The lowest BCUT2D eigenvalue weighted by Crippen LogP contribution is -2.61. The van der Waals surface area contributed by atoms with E-state index in [1.54, 1.807) is 19.1 Å². The van der Waals surface area contributed by atoms with Gasteiger partial charge in [0.2, 0.25) is 0 Å². The summed E-state index contributed by atoms with van der Waals surface area (Å²) in [5, 5.41) is 3.28. The molecule has 4 bridgehead atoms. The summed E-state index contributed by atoms with van der Waals surface area (Å²) in [7, 11) is 0. The average Bonchev–Trinajstić information content (AvgIpc) is 2.65. The average molecular weight is 386 g/mol. The van der Waals surface area contributed by atoms with Crippen LogP contribution in [0, 0.1) is 17.8 Å². The van der Waals surface area contributed by atoms with Crippen LogP contribution in [0.2, 0.25) is 0 Å². The van der Waals surface area contributed by atoms with Crippen LogP contribution in [0.1, 0.15) is 58.8 Å². The highest BCUT2D eigenvalue weighted by atomic mass is 16.6. The van der Waals surface area contributed by atoms with Crippen LogP contribution in [0.15, 0.2) is 30.3 Å². The van der Waals surface area contributed by atoms with Gasteiger partial charge in [-0.3, -0.25) is 4.79 Å². The van der Waals surface area contributed by atoms with Gasteiger partial charge >= 0.3 is 5.97 Å². The molecule has 152 valence electrons. The monoisotopic (exact) mass is 385 g/mol. The molecule has 0 radical (unpaired) electrons. The first-order valence-corrected chi connectivity index (χ1v) is 10.7. The maximum absolute atomic E-state index is 12.8. The largest absolute Gasteiger partial charge is 0.479 e. The fourth-order valence-corrected chi connectivity index (χ4v) is 5.89. The molecule has 0 aromatic heterocycles. The Labute approximate surface area is 167 Å². The third-order valence-electron chi connectivity index (χ3n) is 6.74. The first-order chi connectivity index (χ1) is 13.5. The summed E-state index contributed by atoms with van der Waals surface area (Å²) in [5.74, 6) is 2.23. The normalized spacial score (nSPS) is 32.4. The lowest BCUT2D eigenvalue weighted by Gasteiger charge is -2.57. The SMILES string of the molecule is CC[C@@H](Oc1ccccc1)C(=O)O[C@H](C)C(=O)NC12CC3CC(CC(C3)C1)C2. The van der Waals surface area contributed by atoms with Gasteiger partial charge in [0.05, 0.1) is 0 Å². The molecule has 0 saturated heterocycles. The van der Waals surface area contributed by atoms with Crippen molar-refractivity contribution < 1.29 is 19.1 Å². The summed E-state index contributed by atoms with van der Waals surface area (Å²) < 4.78 is 11.2. The molecule has 1 aromatic rings. The molecule has 4 fully saturated rings. The maximum Gasteiger partial charge on any atom is 0.348 e. The van der Waals surface area contributed by atoms with Gasteiger partial charge in [0.25, 0.3) is 5.91 Å². The number of carbonyl (C=O) groups is 2. The van der Waals surface area contributed by atoms with Crippen LogP contribution in [0.3, 0.4) is 0 Å². The number of carbonyl (C=O) groups excluding carboxylic acids is 2. The Morgan fingerprint density at radius 3 is 2.18 bits per heavy atom. The molecule has 5 rings (SSSR count). The van der Waals surface area contributed by atoms with Crippen molar-refractivity contribution >= 4 is 11.9 Å². The highest BCUT2D eigenvalue weighted by Crippen LogP contribution is 2.55. The molecule has 4 aliphatic carbocycles. The molecule has 0 heterocycles. The van der Waals surface area contributed by atoms with E-state index in [-0.39, 0.29) is 11.4 Å². The van der Waals surface area contributed by atoms with E-state index < -0.39 is 18.2 Å². The van der Waals surface area contributed by atoms with Crippen molar-refractivity contribution in [3.8, 4) is 5.75 Å². The molecule has 1 N–H and O–H groups in total. The van der Waals surface area contributed by atoms with Gasteiger partial charge in [0.1, 0.15) is 5.75 Å². The number of hydrogen-bond donors (Lipinski definition) is 1. The Bertz CT molecular complexity index is 681. The number of rotatable bonds is 7. The van der Waals surface area contributed by atoms with Crippen molar-refractivity contribution in [3.05, 3.63) is 30.3 Å². The number of nitrogens with one attached hydrogen (secondary N) is 1. The predicted octanol–water partition coefficient (Wildman–Crippen LogP) is 3.86. The van der Waals surface area contributed by atoms with Gasteiger partial charge in [-0.1, -0.05) is 25.1 Å². The fourth-order valence-electron chi connectivity index (χ4n) is 5.89. The van der Waals surface area contributed by atoms with Crippen LogP contribution in [-0.4, -0.2) is 29.6 Å². The van der Waals surface area contributed by atoms with Gasteiger partial charge in [0, 0.05) is 5.54 Å². The van der Waals surface area contributed by atoms with E-state index >= 15 is 0 Å². The Kier molecular flexibility index (Phi) is 5.35. The number of para-hydroxylation sites is 1. The molecular weight excluding hydrogens is 354 g/mol. The molecule has 2 atom stereocenters. The van der Waals surface area contributed by atoms with Crippen LogP contribution in [0.5, 0.6) is 5.75 Å². The standard InChI is InChI=1S/C23H31NO4/c1-3-20(28-19-7-5-4-6-8-19)22(26)27-15(2)21(25)24-23-12-16-9-17(13-23)11-18(10-16)14-23/h4-8,15-18,20H,3,9-14H2,1-2H3,(H,24,25)/t15-,16?,17?,18?,20-,23?/m1/s1. The van der Waals surface area contributed by atoms with Crippen molar-refractivity contribution in [1.82, 2.24) is 5.32 Å². The van der Waals surface area contributed by atoms with E-state index in [2.05, 4.69) is 5.32 Å². The lowest BCUT2D eigenvalue weighted by molar-refractivity contribution is -0.163. The molecule has 28 heavy (non-hydrogen) atoms. The molecule has 1 amide bonds. The van der Waals surface area contributed by atoms with Crippen LogP contribution in [-0.2, 0) is 14.3 Å².